The second kappa shape index (κ2) is 11.6. The first-order valence-electron chi connectivity index (χ1n) is 11.0. The molecule has 0 radical (unpaired) electrons. The Hall–Kier alpha value is -3.44. The highest BCUT2D eigenvalue weighted by atomic mass is 16.4. The van der Waals surface area contributed by atoms with Crippen molar-refractivity contribution in [3.8, 4) is 0 Å². The molecule has 5 atom stereocenters. The van der Waals surface area contributed by atoms with E-state index >= 15 is 0 Å². The summed E-state index contributed by atoms with van der Waals surface area (Å²) in [7, 11) is 0. The molecule has 1 heterocycles. The maximum atomic E-state index is 13.0. The number of carboxylic acids is 1. The first kappa shape index (κ1) is 26.8. The number of carbonyl (C=O) groups excluding carboxylic acids is 3. The fourth-order valence-electron chi connectivity index (χ4n) is 3.35. The number of carbonyl (C=O) groups is 4. The molecule has 0 aliphatic heterocycles. The highest BCUT2D eigenvalue weighted by Crippen LogP contribution is 2.19. The van der Waals surface area contributed by atoms with Crippen LogP contribution in [0.5, 0.6) is 0 Å². The van der Waals surface area contributed by atoms with E-state index in [4.69, 9.17) is 5.73 Å². The van der Waals surface area contributed by atoms with Gasteiger partial charge in [0.25, 0.3) is 0 Å². The Morgan fingerprint density at radius 3 is 2.21 bits per heavy atom. The number of aromatic amines is 1. The van der Waals surface area contributed by atoms with Crippen molar-refractivity contribution in [2.45, 2.75) is 64.4 Å². The number of nitrogens with one attached hydrogen (secondary N) is 4. The molecule has 0 fully saturated rings. The van der Waals surface area contributed by atoms with Gasteiger partial charge < -0.3 is 36.9 Å². The Kier molecular flexibility index (Phi) is 9.16. The average molecular weight is 476 g/mol. The maximum absolute atomic E-state index is 13.0. The van der Waals surface area contributed by atoms with Crippen LogP contribution in [0.1, 0.15) is 33.3 Å². The lowest BCUT2D eigenvalue weighted by Gasteiger charge is -2.25. The molecule has 0 spiro atoms. The van der Waals surface area contributed by atoms with Crippen molar-refractivity contribution in [3.63, 3.8) is 0 Å². The number of para-hydroxylation sites is 1. The SMILES string of the molecule is CC(NC(=O)C(N)C(C)C)C(=O)NC(Cc1c[nH]c2ccccc12)C(=O)NC(C(=O)O)C(C)O. The van der Waals surface area contributed by atoms with Gasteiger partial charge in [-0.3, -0.25) is 14.4 Å². The molecular weight excluding hydrogens is 442 g/mol. The molecule has 5 unspecified atom stereocenters. The lowest BCUT2D eigenvalue weighted by atomic mass is 10.0. The van der Waals surface area contributed by atoms with Gasteiger partial charge in [0, 0.05) is 23.5 Å². The van der Waals surface area contributed by atoms with Crippen LogP contribution in [-0.2, 0) is 25.6 Å². The van der Waals surface area contributed by atoms with Gasteiger partial charge in [-0.1, -0.05) is 32.0 Å². The Labute approximate surface area is 197 Å². The van der Waals surface area contributed by atoms with Crippen LogP contribution in [0.3, 0.4) is 0 Å². The molecule has 8 N–H and O–H groups in total. The summed E-state index contributed by atoms with van der Waals surface area (Å²) in [6.45, 7) is 6.24. The minimum Gasteiger partial charge on any atom is -0.480 e. The molecule has 1 aromatic carbocycles. The standard InChI is InChI=1S/C23H33N5O6/c1-11(2)18(24)22(32)26-12(3)20(30)27-17(21(31)28-19(13(4)29)23(33)34)9-14-10-25-16-8-6-5-7-15(14)16/h5-8,10-13,17-19,25,29H,9,24H2,1-4H3,(H,26,32)(H,27,30)(H,28,31)(H,33,34). The van der Waals surface area contributed by atoms with Crippen molar-refractivity contribution < 1.29 is 29.4 Å². The Morgan fingerprint density at radius 1 is 0.971 bits per heavy atom. The van der Waals surface area contributed by atoms with Gasteiger partial charge in [-0.2, -0.15) is 0 Å². The Balaban J connectivity index is 2.23. The predicted octanol–water partition coefficient (Wildman–Crippen LogP) is -0.367. The van der Waals surface area contributed by atoms with Crippen LogP contribution in [0.15, 0.2) is 30.5 Å². The van der Waals surface area contributed by atoms with Crippen LogP contribution >= 0.6 is 0 Å². The third-order valence-electron chi connectivity index (χ3n) is 5.55. The van der Waals surface area contributed by atoms with Crippen LogP contribution in [0, 0.1) is 5.92 Å². The molecule has 34 heavy (non-hydrogen) atoms. The van der Waals surface area contributed by atoms with E-state index in [-0.39, 0.29) is 12.3 Å². The summed E-state index contributed by atoms with van der Waals surface area (Å²) in [5.74, 6) is -3.49. The quantitative estimate of drug-likeness (QED) is 0.231. The zero-order valence-corrected chi connectivity index (χ0v) is 19.7. The van der Waals surface area contributed by atoms with E-state index in [1.165, 1.54) is 13.8 Å². The van der Waals surface area contributed by atoms with Gasteiger partial charge in [0.1, 0.15) is 12.1 Å². The number of rotatable bonds is 11. The van der Waals surface area contributed by atoms with Crippen molar-refractivity contribution in [2.75, 3.05) is 0 Å². The van der Waals surface area contributed by atoms with Gasteiger partial charge in [0.2, 0.25) is 17.7 Å². The summed E-state index contributed by atoms with van der Waals surface area (Å²) >= 11 is 0. The summed E-state index contributed by atoms with van der Waals surface area (Å²) in [6.07, 6.45) is 0.384. The largest absolute Gasteiger partial charge is 0.480 e. The molecule has 11 heteroatoms. The normalized spacial score (nSPS) is 15.7. The second-order valence-corrected chi connectivity index (χ2v) is 8.69. The van der Waals surface area contributed by atoms with E-state index in [2.05, 4.69) is 20.9 Å². The summed E-state index contributed by atoms with van der Waals surface area (Å²) in [5.41, 5.74) is 7.37. The number of hydrogen-bond donors (Lipinski definition) is 7. The number of benzene rings is 1. The zero-order chi connectivity index (χ0) is 25.6. The molecule has 0 aliphatic rings. The van der Waals surface area contributed by atoms with Crippen LogP contribution in [0.2, 0.25) is 0 Å². The van der Waals surface area contributed by atoms with E-state index in [1.54, 1.807) is 20.0 Å². The molecule has 0 aliphatic carbocycles. The predicted molar refractivity (Wildman–Crippen MR) is 126 cm³/mol. The number of aliphatic carboxylic acids is 1. The third-order valence-corrected chi connectivity index (χ3v) is 5.55. The van der Waals surface area contributed by atoms with E-state index in [0.717, 1.165) is 16.5 Å². The highest BCUT2D eigenvalue weighted by Gasteiger charge is 2.31. The van der Waals surface area contributed by atoms with Gasteiger partial charge in [-0.15, -0.1) is 0 Å². The second-order valence-electron chi connectivity index (χ2n) is 8.69. The highest BCUT2D eigenvalue weighted by molar-refractivity contribution is 5.94. The van der Waals surface area contributed by atoms with Crippen molar-refractivity contribution in [1.29, 1.82) is 0 Å². The monoisotopic (exact) mass is 475 g/mol. The minimum atomic E-state index is -1.56. The van der Waals surface area contributed by atoms with Crippen LogP contribution in [-0.4, -0.2) is 69.2 Å². The topological polar surface area (TPSA) is 187 Å². The number of amides is 3. The van der Waals surface area contributed by atoms with Gasteiger partial charge in [0.05, 0.1) is 12.1 Å². The first-order chi connectivity index (χ1) is 15.9. The lowest BCUT2D eigenvalue weighted by Crippen LogP contribution is -2.58. The number of aliphatic hydroxyl groups excluding tert-OH is 1. The number of H-pyrrole nitrogens is 1. The number of fused-ring (bicyclic) bond motifs is 1. The van der Waals surface area contributed by atoms with E-state index < -0.39 is 54.0 Å². The summed E-state index contributed by atoms with van der Waals surface area (Å²) in [4.78, 5) is 52.5. The smallest absolute Gasteiger partial charge is 0.328 e. The summed E-state index contributed by atoms with van der Waals surface area (Å²) in [6, 6.07) is 2.85. The maximum Gasteiger partial charge on any atom is 0.328 e. The van der Waals surface area contributed by atoms with Crippen molar-refractivity contribution in [2.24, 2.45) is 11.7 Å². The molecule has 0 saturated heterocycles. The fourth-order valence-corrected chi connectivity index (χ4v) is 3.35. The minimum absolute atomic E-state index is 0.0416. The fraction of sp³-hybridized carbons (Fsp3) is 0.478. The molecule has 0 saturated carbocycles. The lowest BCUT2D eigenvalue weighted by molar-refractivity contribution is -0.145. The molecule has 3 amide bonds. The van der Waals surface area contributed by atoms with Gasteiger partial charge in [-0.25, -0.2) is 4.79 Å². The van der Waals surface area contributed by atoms with E-state index in [9.17, 15) is 29.4 Å². The van der Waals surface area contributed by atoms with Gasteiger partial charge in [0.15, 0.2) is 6.04 Å². The molecule has 2 aromatic rings. The average Bonchev–Trinajstić information content (AvgIpc) is 3.18. The van der Waals surface area contributed by atoms with Crippen LogP contribution < -0.4 is 21.7 Å². The number of nitrogens with two attached hydrogens (primary N) is 1. The van der Waals surface area contributed by atoms with E-state index in [0.29, 0.717) is 0 Å². The van der Waals surface area contributed by atoms with Crippen molar-refractivity contribution in [1.82, 2.24) is 20.9 Å². The molecule has 1 aromatic heterocycles. The molecule has 0 bridgehead atoms. The van der Waals surface area contributed by atoms with Gasteiger partial charge in [-0.05, 0) is 31.4 Å². The Bertz CT molecular complexity index is 1030. The molecule has 11 nitrogen and oxygen atoms in total. The molecular formula is C23H33N5O6. The van der Waals surface area contributed by atoms with Crippen LogP contribution in [0.25, 0.3) is 10.9 Å². The van der Waals surface area contributed by atoms with Crippen molar-refractivity contribution in [3.05, 3.63) is 36.0 Å². The zero-order valence-electron chi connectivity index (χ0n) is 19.7. The van der Waals surface area contributed by atoms with E-state index in [1.807, 2.05) is 24.3 Å². The number of aliphatic hydroxyl groups is 1. The van der Waals surface area contributed by atoms with Crippen molar-refractivity contribution >= 4 is 34.6 Å². The summed E-state index contributed by atoms with van der Waals surface area (Å²) < 4.78 is 0. The number of aromatic nitrogens is 1. The number of hydrogen-bond acceptors (Lipinski definition) is 6. The third kappa shape index (κ3) is 6.78. The molecule has 186 valence electrons. The van der Waals surface area contributed by atoms with Gasteiger partial charge >= 0.3 is 5.97 Å². The Morgan fingerprint density at radius 2 is 1.62 bits per heavy atom. The molecule has 2 rings (SSSR count). The van der Waals surface area contributed by atoms with Crippen LogP contribution in [0.4, 0.5) is 0 Å². The summed E-state index contributed by atoms with van der Waals surface area (Å²) in [5, 5.41) is 27.3. The number of carboxylic acid groups (broad SMARTS) is 1. The first-order valence-corrected chi connectivity index (χ1v) is 11.0.